The molecule has 0 spiro atoms. The second-order valence-corrected chi connectivity index (χ2v) is 5.17. The van der Waals surface area contributed by atoms with Gasteiger partial charge in [0.1, 0.15) is 0 Å². The van der Waals surface area contributed by atoms with Gasteiger partial charge in [0, 0.05) is 38.2 Å². The van der Waals surface area contributed by atoms with Gasteiger partial charge in [-0.25, -0.2) is 5.84 Å². The van der Waals surface area contributed by atoms with E-state index in [1.165, 1.54) is 0 Å². The monoisotopic (exact) mass is 279 g/mol. The highest BCUT2D eigenvalue weighted by Crippen LogP contribution is 2.23. The molecule has 3 rings (SSSR count). The summed E-state index contributed by atoms with van der Waals surface area (Å²) in [5.41, 5.74) is 2.19. The van der Waals surface area contributed by atoms with Crippen molar-refractivity contribution in [3.63, 3.8) is 0 Å². The molecule has 2 amide bonds. The fraction of sp³-hybridized carbons (Fsp3) is 0.583. The molecule has 2 saturated heterocycles. The number of nitrogens with two attached hydrogens (primary N) is 1. The first-order chi connectivity index (χ1) is 9.67. The number of hydrogen-bond acceptors (Lipinski definition) is 6. The average Bonchev–Trinajstić information content (AvgIpc) is 3.06. The number of carbonyl (C=O) groups excluding carboxylic acids is 2. The van der Waals surface area contributed by atoms with E-state index in [-0.39, 0.29) is 11.6 Å². The molecular formula is C12H17N5O3. The van der Waals surface area contributed by atoms with E-state index < -0.39 is 5.91 Å². The summed E-state index contributed by atoms with van der Waals surface area (Å²) in [4.78, 5) is 27.1. The summed E-state index contributed by atoms with van der Waals surface area (Å²) in [6.07, 6.45) is 1.58. The zero-order chi connectivity index (χ0) is 14.1. The summed E-state index contributed by atoms with van der Waals surface area (Å²) in [6.45, 7) is 2.99. The standard InChI is InChI=1S/C12H17N5O3/c13-14-12(19)10-5-9(20-15-10)7-16-3-4-17-8(6-16)1-2-11(17)18/h5,8H,1-4,6-7,13H2,(H,14,19). The molecule has 3 N–H and O–H groups in total. The van der Waals surface area contributed by atoms with Crippen molar-refractivity contribution in [2.45, 2.75) is 25.4 Å². The number of piperazine rings is 1. The molecule has 0 aliphatic carbocycles. The summed E-state index contributed by atoms with van der Waals surface area (Å²) < 4.78 is 5.13. The van der Waals surface area contributed by atoms with Gasteiger partial charge >= 0.3 is 0 Å². The summed E-state index contributed by atoms with van der Waals surface area (Å²) in [5, 5.41) is 3.67. The lowest BCUT2D eigenvalue weighted by Gasteiger charge is -2.36. The smallest absolute Gasteiger partial charge is 0.287 e. The molecule has 2 aliphatic heterocycles. The third-order valence-corrected chi connectivity index (χ3v) is 3.88. The Bertz CT molecular complexity index is 529. The summed E-state index contributed by atoms with van der Waals surface area (Å²) in [5.74, 6) is 5.46. The fourth-order valence-electron chi connectivity index (χ4n) is 2.86. The van der Waals surface area contributed by atoms with Crippen LogP contribution in [0, 0.1) is 0 Å². The molecule has 0 aromatic carbocycles. The van der Waals surface area contributed by atoms with Crippen molar-refractivity contribution in [1.82, 2.24) is 20.4 Å². The van der Waals surface area contributed by atoms with Crippen molar-refractivity contribution < 1.29 is 14.1 Å². The molecule has 0 radical (unpaired) electrons. The van der Waals surface area contributed by atoms with Gasteiger partial charge in [0.2, 0.25) is 5.91 Å². The van der Waals surface area contributed by atoms with Crippen molar-refractivity contribution in [1.29, 1.82) is 0 Å². The molecule has 8 nitrogen and oxygen atoms in total. The van der Waals surface area contributed by atoms with Crippen molar-refractivity contribution in [3.8, 4) is 0 Å². The maximum Gasteiger partial charge on any atom is 0.287 e. The Morgan fingerprint density at radius 2 is 2.40 bits per heavy atom. The number of nitrogens with zero attached hydrogens (tertiary/aromatic N) is 3. The minimum atomic E-state index is -0.466. The predicted molar refractivity (Wildman–Crippen MR) is 68.2 cm³/mol. The number of carbonyl (C=O) groups is 2. The van der Waals surface area contributed by atoms with Crippen LogP contribution in [0.5, 0.6) is 0 Å². The van der Waals surface area contributed by atoms with Crippen molar-refractivity contribution >= 4 is 11.8 Å². The van der Waals surface area contributed by atoms with Crippen LogP contribution in [0.2, 0.25) is 0 Å². The third kappa shape index (κ3) is 2.39. The van der Waals surface area contributed by atoms with Gasteiger partial charge in [-0.1, -0.05) is 5.16 Å². The van der Waals surface area contributed by atoms with E-state index in [1.807, 2.05) is 10.3 Å². The van der Waals surface area contributed by atoms with Gasteiger partial charge in [-0.05, 0) is 6.42 Å². The Morgan fingerprint density at radius 3 is 3.20 bits per heavy atom. The topological polar surface area (TPSA) is 105 Å². The van der Waals surface area contributed by atoms with Gasteiger partial charge < -0.3 is 9.42 Å². The third-order valence-electron chi connectivity index (χ3n) is 3.88. The van der Waals surface area contributed by atoms with Gasteiger partial charge in [0.25, 0.3) is 5.91 Å². The number of nitrogens with one attached hydrogen (secondary N) is 1. The van der Waals surface area contributed by atoms with E-state index in [4.69, 9.17) is 10.4 Å². The first-order valence-corrected chi connectivity index (χ1v) is 6.65. The Kier molecular flexibility index (Phi) is 3.41. The highest BCUT2D eigenvalue weighted by molar-refractivity contribution is 5.91. The van der Waals surface area contributed by atoms with Gasteiger partial charge in [-0.15, -0.1) is 0 Å². The second-order valence-electron chi connectivity index (χ2n) is 5.17. The molecular weight excluding hydrogens is 262 g/mol. The van der Waals surface area contributed by atoms with Gasteiger partial charge in [-0.3, -0.25) is 19.9 Å². The second kappa shape index (κ2) is 5.22. The molecule has 2 fully saturated rings. The van der Waals surface area contributed by atoms with Crippen LogP contribution in [0.3, 0.4) is 0 Å². The first-order valence-electron chi connectivity index (χ1n) is 6.65. The van der Waals surface area contributed by atoms with E-state index in [9.17, 15) is 9.59 Å². The Morgan fingerprint density at radius 1 is 1.55 bits per heavy atom. The Hall–Kier alpha value is -1.93. The van der Waals surface area contributed by atoms with E-state index in [0.29, 0.717) is 24.8 Å². The van der Waals surface area contributed by atoms with Crippen molar-refractivity contribution in [2.75, 3.05) is 19.6 Å². The summed E-state index contributed by atoms with van der Waals surface area (Å²) in [6, 6.07) is 1.90. The van der Waals surface area contributed by atoms with Crippen LogP contribution < -0.4 is 11.3 Å². The van der Waals surface area contributed by atoms with Gasteiger partial charge in [-0.2, -0.15) is 0 Å². The molecule has 1 aromatic rings. The average molecular weight is 279 g/mol. The largest absolute Gasteiger partial charge is 0.359 e. The summed E-state index contributed by atoms with van der Waals surface area (Å²) in [7, 11) is 0. The van der Waals surface area contributed by atoms with Crippen molar-refractivity contribution in [3.05, 3.63) is 17.5 Å². The van der Waals surface area contributed by atoms with Crippen LogP contribution in [0.25, 0.3) is 0 Å². The minimum absolute atomic E-state index is 0.178. The molecule has 8 heteroatoms. The van der Waals surface area contributed by atoms with E-state index in [2.05, 4.69) is 10.1 Å². The Balaban J connectivity index is 1.60. The lowest BCUT2D eigenvalue weighted by Crippen LogP contribution is -2.50. The minimum Gasteiger partial charge on any atom is -0.359 e. The number of rotatable bonds is 3. The number of amides is 2. The van der Waals surface area contributed by atoms with Crippen LogP contribution in [0.1, 0.15) is 29.1 Å². The lowest BCUT2D eigenvalue weighted by atomic mass is 10.1. The number of aromatic nitrogens is 1. The van der Waals surface area contributed by atoms with Crippen LogP contribution in [0.4, 0.5) is 0 Å². The molecule has 0 bridgehead atoms. The molecule has 20 heavy (non-hydrogen) atoms. The van der Waals surface area contributed by atoms with Gasteiger partial charge in [0.15, 0.2) is 11.5 Å². The molecule has 0 saturated carbocycles. The van der Waals surface area contributed by atoms with E-state index in [0.717, 1.165) is 26.1 Å². The number of hydrogen-bond donors (Lipinski definition) is 2. The number of hydrazine groups is 1. The Labute approximate surface area is 115 Å². The lowest BCUT2D eigenvalue weighted by molar-refractivity contribution is -0.130. The highest BCUT2D eigenvalue weighted by atomic mass is 16.5. The molecule has 108 valence electrons. The first kappa shape index (κ1) is 13.1. The van der Waals surface area contributed by atoms with Crippen LogP contribution in [-0.4, -0.2) is 52.4 Å². The maximum absolute atomic E-state index is 11.6. The predicted octanol–water partition coefficient (Wildman–Crippen LogP) is -0.915. The molecule has 2 aliphatic rings. The quantitative estimate of drug-likeness (QED) is 0.421. The maximum atomic E-state index is 11.6. The normalized spacial score (nSPS) is 22.9. The highest BCUT2D eigenvalue weighted by Gasteiger charge is 2.35. The summed E-state index contributed by atoms with van der Waals surface area (Å²) >= 11 is 0. The van der Waals surface area contributed by atoms with Crippen molar-refractivity contribution in [2.24, 2.45) is 5.84 Å². The fourth-order valence-corrected chi connectivity index (χ4v) is 2.86. The molecule has 1 atom stereocenters. The van der Waals surface area contributed by atoms with Crippen LogP contribution in [-0.2, 0) is 11.3 Å². The van der Waals surface area contributed by atoms with E-state index in [1.54, 1.807) is 6.07 Å². The SMILES string of the molecule is NNC(=O)c1cc(CN2CCN3C(=O)CCC3C2)on1. The zero-order valence-electron chi connectivity index (χ0n) is 11.0. The zero-order valence-corrected chi connectivity index (χ0v) is 11.0. The van der Waals surface area contributed by atoms with Gasteiger partial charge in [0.05, 0.1) is 6.54 Å². The number of fused-ring (bicyclic) bond motifs is 1. The van der Waals surface area contributed by atoms with E-state index >= 15 is 0 Å². The molecule has 1 aromatic heterocycles. The van der Waals surface area contributed by atoms with Crippen LogP contribution >= 0.6 is 0 Å². The molecule has 1 unspecified atom stereocenters. The number of nitrogen functional groups attached to an aromatic ring is 1. The van der Waals surface area contributed by atoms with Crippen LogP contribution in [0.15, 0.2) is 10.6 Å². The molecule has 3 heterocycles.